The molecule has 1 aliphatic rings. The fraction of sp³-hybridized carbons (Fsp3) is 0.0800. The predicted molar refractivity (Wildman–Crippen MR) is 140 cm³/mol. The molecule has 1 aliphatic heterocycles. The van der Waals surface area contributed by atoms with E-state index < -0.39 is 0 Å². The summed E-state index contributed by atoms with van der Waals surface area (Å²) >= 11 is 7.73. The molecule has 34 heavy (non-hydrogen) atoms. The second-order valence-corrected chi connectivity index (χ2v) is 10.1. The van der Waals surface area contributed by atoms with E-state index in [1.54, 1.807) is 36.4 Å². The molecule has 0 saturated carbocycles. The third-order valence-corrected chi connectivity index (χ3v) is 6.85. The maximum absolute atomic E-state index is 12.8. The van der Waals surface area contributed by atoms with Crippen LogP contribution in [0.3, 0.4) is 0 Å². The van der Waals surface area contributed by atoms with Gasteiger partial charge in [-0.2, -0.15) is 0 Å². The van der Waals surface area contributed by atoms with Crippen LogP contribution in [0.2, 0.25) is 0 Å². The van der Waals surface area contributed by atoms with Crippen LogP contribution >= 0.6 is 43.6 Å². The Morgan fingerprint density at radius 3 is 2.44 bits per heavy atom. The molecule has 9 heteroatoms. The summed E-state index contributed by atoms with van der Waals surface area (Å²) in [5.74, 6) is -0.114. The van der Waals surface area contributed by atoms with Crippen molar-refractivity contribution < 1.29 is 19.1 Å². The van der Waals surface area contributed by atoms with Crippen LogP contribution < -0.4 is 10.1 Å². The van der Waals surface area contributed by atoms with E-state index in [-0.39, 0.29) is 30.2 Å². The largest absolute Gasteiger partial charge is 0.483 e. The Balaban J connectivity index is 1.38. The lowest BCUT2D eigenvalue weighted by Gasteiger charge is -2.12. The second-order valence-electron chi connectivity index (χ2n) is 7.29. The van der Waals surface area contributed by atoms with Crippen molar-refractivity contribution in [1.29, 1.82) is 0 Å². The lowest BCUT2D eigenvalue weighted by molar-refractivity contribution is -0.123. The number of hydrogen-bond donors (Lipinski definition) is 1. The average molecular weight is 602 g/mol. The minimum Gasteiger partial charge on any atom is -0.483 e. The van der Waals surface area contributed by atoms with Crippen molar-refractivity contribution in [2.75, 3.05) is 11.9 Å². The Morgan fingerprint density at radius 2 is 1.74 bits per heavy atom. The number of hydrogen-bond acceptors (Lipinski definition) is 5. The van der Waals surface area contributed by atoms with Crippen LogP contribution in [0.15, 0.2) is 86.6 Å². The van der Waals surface area contributed by atoms with Gasteiger partial charge in [-0.3, -0.25) is 19.3 Å². The third kappa shape index (κ3) is 6.16. The van der Waals surface area contributed by atoms with Gasteiger partial charge >= 0.3 is 0 Å². The summed E-state index contributed by atoms with van der Waals surface area (Å²) in [6, 6.07) is 21.8. The van der Waals surface area contributed by atoms with E-state index in [4.69, 9.17) is 4.74 Å². The number of carbonyl (C=O) groups is 3. The molecule has 4 rings (SSSR count). The van der Waals surface area contributed by atoms with E-state index in [0.29, 0.717) is 20.8 Å². The molecule has 0 atom stereocenters. The molecule has 0 unspecified atom stereocenters. The average Bonchev–Trinajstić information content (AvgIpc) is 3.08. The van der Waals surface area contributed by atoms with E-state index in [2.05, 4.69) is 37.2 Å². The summed E-state index contributed by atoms with van der Waals surface area (Å²) in [7, 11) is 0. The van der Waals surface area contributed by atoms with Crippen LogP contribution in [0.5, 0.6) is 5.75 Å². The van der Waals surface area contributed by atoms with Gasteiger partial charge < -0.3 is 10.1 Å². The maximum Gasteiger partial charge on any atom is 0.293 e. The molecule has 6 nitrogen and oxygen atoms in total. The highest BCUT2D eigenvalue weighted by Gasteiger charge is 2.35. The topological polar surface area (TPSA) is 75.7 Å². The van der Waals surface area contributed by atoms with E-state index in [1.165, 1.54) is 4.90 Å². The van der Waals surface area contributed by atoms with Crippen molar-refractivity contribution in [3.05, 3.63) is 97.8 Å². The normalized spacial score (nSPS) is 14.5. The van der Waals surface area contributed by atoms with Crippen LogP contribution in [0.1, 0.15) is 11.1 Å². The lowest BCUT2D eigenvalue weighted by Crippen LogP contribution is -2.27. The minimum atomic E-state index is -0.327. The van der Waals surface area contributed by atoms with Gasteiger partial charge in [0.2, 0.25) is 0 Å². The zero-order valence-corrected chi connectivity index (χ0v) is 21.7. The fourth-order valence-electron chi connectivity index (χ4n) is 3.15. The third-order valence-electron chi connectivity index (χ3n) is 4.80. The molecule has 3 aromatic rings. The number of nitrogens with zero attached hydrogens (tertiary/aromatic N) is 1. The SMILES string of the molecule is O=C(COc1ccc(/C=C2\SC(=O)N(Cc3ccc(Br)cc3)C2=O)cc1Br)Nc1ccccc1. The number of benzene rings is 3. The Kier molecular flexibility index (Phi) is 7.87. The molecule has 1 N–H and O–H groups in total. The number of thioether (sulfide) groups is 1. The number of anilines is 1. The van der Waals surface area contributed by atoms with Crippen LogP contribution in [0.25, 0.3) is 6.08 Å². The zero-order chi connectivity index (χ0) is 24.1. The second kappa shape index (κ2) is 11.0. The van der Waals surface area contributed by atoms with Crippen molar-refractivity contribution in [3.63, 3.8) is 0 Å². The molecule has 1 heterocycles. The number of amides is 3. The van der Waals surface area contributed by atoms with Gasteiger partial charge in [-0.1, -0.05) is 52.3 Å². The van der Waals surface area contributed by atoms with Gasteiger partial charge in [-0.25, -0.2) is 0 Å². The van der Waals surface area contributed by atoms with Gasteiger partial charge in [0.25, 0.3) is 17.1 Å². The highest BCUT2D eigenvalue weighted by molar-refractivity contribution is 9.10. The molecule has 0 aliphatic carbocycles. The van der Waals surface area contributed by atoms with Gasteiger partial charge in [0.15, 0.2) is 6.61 Å². The Morgan fingerprint density at radius 1 is 1.00 bits per heavy atom. The standard InChI is InChI=1S/C25H18Br2N2O4S/c26-18-9-6-16(7-10-18)14-29-24(31)22(34-25(29)32)13-17-8-11-21(20(27)12-17)33-15-23(30)28-19-4-2-1-3-5-19/h1-13H,14-15H2,(H,28,30)/b22-13-. The highest BCUT2D eigenvalue weighted by atomic mass is 79.9. The first-order chi connectivity index (χ1) is 16.4. The van der Waals surface area contributed by atoms with Crippen LogP contribution in [-0.2, 0) is 16.1 Å². The highest BCUT2D eigenvalue weighted by Crippen LogP contribution is 2.34. The van der Waals surface area contributed by atoms with Gasteiger partial charge in [0.1, 0.15) is 5.75 Å². The smallest absolute Gasteiger partial charge is 0.293 e. The molecule has 0 aromatic heterocycles. The van der Waals surface area contributed by atoms with E-state index in [0.717, 1.165) is 27.4 Å². The maximum atomic E-state index is 12.8. The quantitative estimate of drug-likeness (QED) is 0.314. The zero-order valence-electron chi connectivity index (χ0n) is 17.7. The Bertz CT molecular complexity index is 1260. The molecular weight excluding hydrogens is 584 g/mol. The van der Waals surface area contributed by atoms with Crippen molar-refractivity contribution in [1.82, 2.24) is 4.90 Å². The van der Waals surface area contributed by atoms with E-state index >= 15 is 0 Å². The molecule has 0 bridgehead atoms. The summed E-state index contributed by atoms with van der Waals surface area (Å²) < 4.78 is 7.17. The molecule has 1 fully saturated rings. The van der Waals surface area contributed by atoms with Gasteiger partial charge in [0, 0.05) is 10.2 Å². The number of halogens is 2. The summed E-state index contributed by atoms with van der Waals surface area (Å²) in [4.78, 5) is 38.9. The van der Waals surface area contributed by atoms with Crippen molar-refractivity contribution in [2.45, 2.75) is 6.54 Å². The van der Waals surface area contributed by atoms with Gasteiger partial charge in [-0.05, 0) is 81.3 Å². The summed E-state index contributed by atoms with van der Waals surface area (Å²) in [6.45, 7) is 0.0680. The van der Waals surface area contributed by atoms with Crippen LogP contribution in [0.4, 0.5) is 10.5 Å². The van der Waals surface area contributed by atoms with Gasteiger partial charge in [-0.15, -0.1) is 0 Å². The lowest BCUT2D eigenvalue weighted by atomic mass is 10.2. The first-order valence-electron chi connectivity index (χ1n) is 10.2. The fourth-order valence-corrected chi connectivity index (χ4v) is 4.76. The Labute approximate surface area is 217 Å². The van der Waals surface area contributed by atoms with E-state index in [1.807, 2.05) is 42.5 Å². The monoisotopic (exact) mass is 600 g/mol. The first kappa shape index (κ1) is 24.3. The number of ether oxygens (including phenoxy) is 1. The van der Waals surface area contributed by atoms with Crippen molar-refractivity contribution in [2.24, 2.45) is 0 Å². The summed E-state index contributed by atoms with van der Waals surface area (Å²) in [6.07, 6.45) is 1.67. The van der Waals surface area contributed by atoms with E-state index in [9.17, 15) is 14.4 Å². The Hall–Kier alpha value is -2.88. The number of imide groups is 1. The molecular formula is C25H18Br2N2O4S. The number of para-hydroxylation sites is 1. The van der Waals surface area contributed by atoms with Crippen molar-refractivity contribution >= 4 is 72.4 Å². The van der Waals surface area contributed by atoms with Crippen LogP contribution in [0, 0.1) is 0 Å². The molecule has 1 saturated heterocycles. The number of carbonyl (C=O) groups excluding carboxylic acids is 3. The van der Waals surface area contributed by atoms with Crippen LogP contribution in [-0.4, -0.2) is 28.6 Å². The summed E-state index contributed by atoms with van der Waals surface area (Å²) in [5.41, 5.74) is 2.29. The first-order valence-corrected chi connectivity index (χ1v) is 12.6. The molecule has 3 aromatic carbocycles. The predicted octanol–water partition coefficient (Wildman–Crippen LogP) is 6.47. The molecule has 172 valence electrons. The molecule has 3 amide bonds. The van der Waals surface area contributed by atoms with Gasteiger partial charge in [0.05, 0.1) is 15.9 Å². The minimum absolute atomic E-state index is 0.151. The number of rotatable bonds is 7. The van der Waals surface area contributed by atoms with Crippen molar-refractivity contribution in [3.8, 4) is 5.75 Å². The summed E-state index contributed by atoms with van der Waals surface area (Å²) in [5, 5.41) is 2.45. The number of nitrogens with one attached hydrogen (secondary N) is 1. The molecule has 0 radical (unpaired) electrons. The molecule has 0 spiro atoms.